The van der Waals surface area contributed by atoms with E-state index in [1.54, 1.807) is 18.2 Å². The number of benzene rings is 1. The highest BCUT2D eigenvalue weighted by Crippen LogP contribution is 2.34. The van der Waals surface area contributed by atoms with Crippen molar-refractivity contribution in [3.8, 4) is 0 Å². The predicted octanol–water partition coefficient (Wildman–Crippen LogP) is 4.20. The van der Waals surface area contributed by atoms with Crippen molar-refractivity contribution in [1.82, 2.24) is 0 Å². The maximum absolute atomic E-state index is 11.4. The fourth-order valence-corrected chi connectivity index (χ4v) is 3.16. The van der Waals surface area contributed by atoms with Crippen LogP contribution in [0.4, 0.5) is 5.69 Å². The number of nitrogens with zero attached hydrogens (tertiary/aromatic N) is 1. The molecule has 1 aliphatic rings. The van der Waals surface area contributed by atoms with Gasteiger partial charge < -0.3 is 10.0 Å². The summed E-state index contributed by atoms with van der Waals surface area (Å²) in [4.78, 5) is 13.6. The average molecular weight is 282 g/mol. The molecule has 1 heterocycles. The van der Waals surface area contributed by atoms with Gasteiger partial charge in [-0.25, -0.2) is 4.79 Å². The Balaban J connectivity index is 2.45. The van der Waals surface area contributed by atoms with E-state index in [0.29, 0.717) is 22.3 Å². The third-order valence-electron chi connectivity index (χ3n) is 3.85. The van der Waals surface area contributed by atoms with Crippen molar-refractivity contribution in [3.05, 3.63) is 28.8 Å². The summed E-state index contributed by atoms with van der Waals surface area (Å²) in [6, 6.07) is 5.51. The molecule has 1 saturated heterocycles. The highest BCUT2D eigenvalue weighted by molar-refractivity contribution is 6.34. The van der Waals surface area contributed by atoms with Crippen molar-refractivity contribution in [2.45, 2.75) is 45.1 Å². The summed E-state index contributed by atoms with van der Waals surface area (Å²) < 4.78 is 0. The number of rotatable bonds is 3. The molecule has 0 aliphatic carbocycles. The first-order valence-electron chi connectivity index (χ1n) is 6.93. The molecular formula is C15H20ClNO2. The molecule has 0 radical (unpaired) electrons. The Kier molecular flexibility index (Phi) is 4.70. The molecule has 1 N–H and O–H groups in total. The first-order chi connectivity index (χ1) is 9.15. The van der Waals surface area contributed by atoms with Gasteiger partial charge in [-0.05, 0) is 31.4 Å². The van der Waals surface area contributed by atoms with E-state index in [9.17, 15) is 9.90 Å². The van der Waals surface area contributed by atoms with Crippen molar-refractivity contribution < 1.29 is 9.90 Å². The number of anilines is 1. The Morgan fingerprint density at radius 2 is 2.21 bits per heavy atom. The Hall–Kier alpha value is -1.22. The van der Waals surface area contributed by atoms with E-state index in [1.165, 1.54) is 12.8 Å². The molecule has 19 heavy (non-hydrogen) atoms. The van der Waals surface area contributed by atoms with Crippen molar-refractivity contribution in [3.63, 3.8) is 0 Å². The SMILES string of the molecule is CCC1CCCCCN1c1c(Cl)cccc1C(=O)O. The minimum atomic E-state index is -0.906. The predicted molar refractivity (Wildman–Crippen MR) is 78.3 cm³/mol. The van der Waals surface area contributed by atoms with Crippen LogP contribution >= 0.6 is 11.6 Å². The molecule has 1 fully saturated rings. The molecule has 0 amide bonds. The topological polar surface area (TPSA) is 40.5 Å². The smallest absolute Gasteiger partial charge is 0.337 e. The maximum atomic E-state index is 11.4. The van der Waals surface area contributed by atoms with Crippen molar-refractivity contribution in [1.29, 1.82) is 0 Å². The quantitative estimate of drug-likeness (QED) is 0.903. The molecule has 3 nitrogen and oxygen atoms in total. The second-order valence-electron chi connectivity index (χ2n) is 5.05. The molecule has 1 aliphatic heterocycles. The summed E-state index contributed by atoms with van der Waals surface area (Å²) in [7, 11) is 0. The standard InChI is InChI=1S/C15H20ClNO2/c1-2-11-7-4-3-5-10-17(11)14-12(15(18)19)8-6-9-13(14)16/h6,8-9,11H,2-5,7,10H2,1H3,(H,18,19). The summed E-state index contributed by atoms with van der Waals surface area (Å²) in [6.45, 7) is 3.04. The normalized spacial score (nSPS) is 20.1. The largest absolute Gasteiger partial charge is 0.478 e. The van der Waals surface area contributed by atoms with Crippen LogP contribution in [-0.4, -0.2) is 23.7 Å². The van der Waals surface area contributed by atoms with Crippen LogP contribution in [0.1, 0.15) is 49.4 Å². The zero-order valence-electron chi connectivity index (χ0n) is 11.2. The lowest BCUT2D eigenvalue weighted by Gasteiger charge is -2.33. The van der Waals surface area contributed by atoms with Crippen molar-refractivity contribution in [2.75, 3.05) is 11.4 Å². The van der Waals surface area contributed by atoms with E-state index in [-0.39, 0.29) is 0 Å². The van der Waals surface area contributed by atoms with Crippen LogP contribution in [0.15, 0.2) is 18.2 Å². The zero-order valence-corrected chi connectivity index (χ0v) is 12.0. The molecule has 1 atom stereocenters. The minimum absolute atomic E-state index is 0.313. The Labute approximate surface area is 119 Å². The molecular weight excluding hydrogens is 262 g/mol. The first kappa shape index (κ1) is 14.2. The van der Waals surface area contributed by atoms with Gasteiger partial charge in [0.2, 0.25) is 0 Å². The molecule has 1 aromatic carbocycles. The van der Waals surface area contributed by atoms with Gasteiger partial charge in [0, 0.05) is 12.6 Å². The van der Waals surface area contributed by atoms with E-state index in [2.05, 4.69) is 11.8 Å². The summed E-state index contributed by atoms with van der Waals surface area (Å²) in [5.74, 6) is -0.906. The third-order valence-corrected chi connectivity index (χ3v) is 4.16. The van der Waals surface area contributed by atoms with Crippen LogP contribution in [-0.2, 0) is 0 Å². The number of carboxylic acid groups (broad SMARTS) is 1. The highest BCUT2D eigenvalue weighted by Gasteiger charge is 2.25. The van der Waals surface area contributed by atoms with Gasteiger partial charge in [-0.15, -0.1) is 0 Å². The summed E-state index contributed by atoms with van der Waals surface area (Å²) in [5, 5.41) is 9.91. The maximum Gasteiger partial charge on any atom is 0.337 e. The lowest BCUT2D eigenvalue weighted by atomic mass is 10.1. The minimum Gasteiger partial charge on any atom is -0.478 e. The van der Waals surface area contributed by atoms with Gasteiger partial charge in [0.05, 0.1) is 16.3 Å². The number of aromatic carboxylic acids is 1. The van der Waals surface area contributed by atoms with Gasteiger partial charge in [-0.2, -0.15) is 0 Å². The van der Waals surface area contributed by atoms with Crippen LogP contribution in [0.2, 0.25) is 5.02 Å². The second-order valence-corrected chi connectivity index (χ2v) is 5.45. The van der Waals surface area contributed by atoms with Crippen LogP contribution in [0.25, 0.3) is 0 Å². The number of carboxylic acids is 1. The fraction of sp³-hybridized carbons (Fsp3) is 0.533. The molecule has 104 valence electrons. The van der Waals surface area contributed by atoms with E-state index >= 15 is 0 Å². The zero-order chi connectivity index (χ0) is 13.8. The van der Waals surface area contributed by atoms with Gasteiger partial charge >= 0.3 is 5.97 Å². The molecule has 0 bridgehead atoms. The van der Waals surface area contributed by atoms with Crippen LogP contribution in [0.3, 0.4) is 0 Å². The third kappa shape index (κ3) is 3.03. The van der Waals surface area contributed by atoms with E-state index < -0.39 is 5.97 Å². The van der Waals surface area contributed by atoms with Crippen molar-refractivity contribution >= 4 is 23.3 Å². The van der Waals surface area contributed by atoms with Crippen LogP contribution in [0, 0.1) is 0 Å². The number of hydrogen-bond acceptors (Lipinski definition) is 2. The van der Waals surface area contributed by atoms with Gasteiger partial charge in [0.25, 0.3) is 0 Å². The Bertz CT molecular complexity index is 461. The van der Waals surface area contributed by atoms with Crippen LogP contribution < -0.4 is 4.90 Å². The second kappa shape index (κ2) is 6.29. The average Bonchev–Trinajstić information content (AvgIpc) is 2.63. The number of carbonyl (C=O) groups is 1. The fourth-order valence-electron chi connectivity index (χ4n) is 2.88. The Morgan fingerprint density at radius 1 is 1.42 bits per heavy atom. The van der Waals surface area contributed by atoms with E-state index in [1.807, 2.05) is 0 Å². The molecule has 4 heteroatoms. The first-order valence-corrected chi connectivity index (χ1v) is 7.31. The summed E-state index contributed by atoms with van der Waals surface area (Å²) in [5.41, 5.74) is 1.01. The van der Waals surface area contributed by atoms with Crippen molar-refractivity contribution in [2.24, 2.45) is 0 Å². The van der Waals surface area contributed by atoms with E-state index in [4.69, 9.17) is 11.6 Å². The summed E-state index contributed by atoms with van der Waals surface area (Å²) >= 11 is 6.28. The van der Waals surface area contributed by atoms with Gasteiger partial charge in [0.15, 0.2) is 0 Å². The number of hydrogen-bond donors (Lipinski definition) is 1. The molecule has 2 rings (SSSR count). The lowest BCUT2D eigenvalue weighted by molar-refractivity contribution is 0.0697. The molecule has 0 saturated carbocycles. The lowest BCUT2D eigenvalue weighted by Crippen LogP contribution is -2.35. The molecule has 1 unspecified atom stereocenters. The highest BCUT2D eigenvalue weighted by atomic mass is 35.5. The van der Waals surface area contributed by atoms with Gasteiger partial charge in [0.1, 0.15) is 0 Å². The van der Waals surface area contributed by atoms with E-state index in [0.717, 1.165) is 25.8 Å². The van der Waals surface area contributed by atoms with Gasteiger partial charge in [-0.1, -0.05) is 37.4 Å². The molecule has 0 spiro atoms. The number of halogens is 1. The monoisotopic (exact) mass is 281 g/mol. The Morgan fingerprint density at radius 3 is 2.89 bits per heavy atom. The number of para-hydroxylation sites is 1. The van der Waals surface area contributed by atoms with Crippen LogP contribution in [0.5, 0.6) is 0 Å². The molecule has 1 aromatic rings. The summed E-state index contributed by atoms with van der Waals surface area (Å²) in [6.07, 6.45) is 5.65. The molecule has 0 aromatic heterocycles. The van der Waals surface area contributed by atoms with Gasteiger partial charge in [-0.3, -0.25) is 0 Å².